The molecule has 0 unspecified atom stereocenters. The van der Waals surface area contributed by atoms with Gasteiger partial charge in [-0.15, -0.1) is 0 Å². The summed E-state index contributed by atoms with van der Waals surface area (Å²) in [6, 6.07) is 5.50. The van der Waals surface area contributed by atoms with Gasteiger partial charge in [-0.1, -0.05) is 12.1 Å². The van der Waals surface area contributed by atoms with Crippen LogP contribution < -0.4 is 5.73 Å². The van der Waals surface area contributed by atoms with Gasteiger partial charge >= 0.3 is 0 Å². The Hall–Kier alpha value is -1.55. The van der Waals surface area contributed by atoms with Crippen molar-refractivity contribution < 1.29 is 9.53 Å². The van der Waals surface area contributed by atoms with Crippen molar-refractivity contribution in [2.24, 2.45) is 0 Å². The molecule has 1 amide bonds. The zero-order valence-electron chi connectivity index (χ0n) is 11.6. The third kappa shape index (κ3) is 3.74. The lowest BCUT2D eigenvalue weighted by Crippen LogP contribution is -2.31. The highest BCUT2D eigenvalue weighted by Gasteiger charge is 2.15. The van der Waals surface area contributed by atoms with Crippen LogP contribution in [-0.2, 0) is 4.74 Å². The number of carbonyl (C=O) groups excluding carboxylic acids is 1. The fraction of sp³-hybridized carbons (Fsp3) is 0.500. The van der Waals surface area contributed by atoms with E-state index in [1.807, 2.05) is 32.9 Å². The second kappa shape index (κ2) is 6.40. The topological polar surface area (TPSA) is 55.6 Å². The average Bonchev–Trinajstić information content (AvgIpc) is 2.31. The van der Waals surface area contributed by atoms with Crippen LogP contribution in [0.1, 0.15) is 29.8 Å². The minimum atomic E-state index is -0.0662. The largest absolute Gasteiger partial charge is 0.398 e. The van der Waals surface area contributed by atoms with Crippen LogP contribution in [-0.4, -0.2) is 37.1 Å². The van der Waals surface area contributed by atoms with E-state index in [2.05, 4.69) is 0 Å². The van der Waals surface area contributed by atoms with Crippen molar-refractivity contribution in [1.82, 2.24) is 4.90 Å². The van der Waals surface area contributed by atoms with E-state index in [1.54, 1.807) is 18.0 Å². The van der Waals surface area contributed by atoms with E-state index in [9.17, 15) is 4.79 Å². The first kappa shape index (κ1) is 14.5. The van der Waals surface area contributed by atoms with E-state index in [1.165, 1.54) is 0 Å². The minimum Gasteiger partial charge on any atom is -0.398 e. The number of ether oxygens (including phenoxy) is 1. The highest BCUT2D eigenvalue weighted by atomic mass is 16.5. The number of nitrogens with zero attached hydrogens (tertiary/aromatic N) is 1. The van der Waals surface area contributed by atoms with Crippen molar-refractivity contribution >= 4 is 11.6 Å². The number of likely N-dealkylation sites (N-methyl/N-ethyl adjacent to an activating group) is 1. The normalized spacial score (nSPS) is 10.7. The van der Waals surface area contributed by atoms with Crippen LogP contribution in [0.2, 0.25) is 0 Å². The molecule has 100 valence electrons. The Kier molecular flexibility index (Phi) is 5.16. The Morgan fingerprint density at radius 2 is 2.11 bits per heavy atom. The van der Waals surface area contributed by atoms with Gasteiger partial charge in [-0.2, -0.15) is 0 Å². The summed E-state index contributed by atoms with van der Waals surface area (Å²) < 4.78 is 5.43. The fourth-order valence-corrected chi connectivity index (χ4v) is 1.60. The molecule has 0 radical (unpaired) electrons. The van der Waals surface area contributed by atoms with Gasteiger partial charge in [-0.05, 0) is 32.4 Å². The smallest absolute Gasteiger partial charge is 0.255 e. The molecule has 2 N–H and O–H groups in total. The first-order valence-electron chi connectivity index (χ1n) is 6.15. The van der Waals surface area contributed by atoms with Crippen molar-refractivity contribution in [2.45, 2.75) is 26.9 Å². The van der Waals surface area contributed by atoms with Gasteiger partial charge in [0.1, 0.15) is 0 Å². The summed E-state index contributed by atoms with van der Waals surface area (Å²) in [5.74, 6) is -0.0662. The average molecular weight is 250 g/mol. The summed E-state index contributed by atoms with van der Waals surface area (Å²) in [4.78, 5) is 13.8. The summed E-state index contributed by atoms with van der Waals surface area (Å²) in [6.45, 7) is 6.94. The molecule has 0 saturated carbocycles. The highest BCUT2D eigenvalue weighted by molar-refractivity contribution is 5.99. The molecule has 1 aromatic rings. The zero-order chi connectivity index (χ0) is 13.7. The number of anilines is 1. The van der Waals surface area contributed by atoms with Crippen LogP contribution in [0, 0.1) is 6.92 Å². The van der Waals surface area contributed by atoms with E-state index >= 15 is 0 Å². The number of hydrogen-bond donors (Lipinski definition) is 1. The Bertz CT molecular complexity index is 416. The van der Waals surface area contributed by atoms with E-state index < -0.39 is 0 Å². The van der Waals surface area contributed by atoms with Crippen LogP contribution in [0.25, 0.3) is 0 Å². The molecule has 0 atom stereocenters. The van der Waals surface area contributed by atoms with Crippen molar-refractivity contribution in [1.29, 1.82) is 0 Å². The van der Waals surface area contributed by atoms with E-state index in [0.717, 1.165) is 5.56 Å². The van der Waals surface area contributed by atoms with Crippen molar-refractivity contribution in [3.05, 3.63) is 29.3 Å². The number of hydrogen-bond acceptors (Lipinski definition) is 3. The number of para-hydroxylation sites is 1. The molecule has 0 heterocycles. The van der Waals surface area contributed by atoms with Gasteiger partial charge in [0.15, 0.2) is 0 Å². The molecular formula is C14H22N2O2. The summed E-state index contributed by atoms with van der Waals surface area (Å²) >= 11 is 0. The third-order valence-electron chi connectivity index (χ3n) is 2.78. The van der Waals surface area contributed by atoms with Crippen LogP contribution in [0.15, 0.2) is 18.2 Å². The highest BCUT2D eigenvalue weighted by Crippen LogP contribution is 2.17. The summed E-state index contributed by atoms with van der Waals surface area (Å²) in [5.41, 5.74) is 7.96. The number of aryl methyl sites for hydroxylation is 1. The van der Waals surface area contributed by atoms with Crippen LogP contribution in [0.4, 0.5) is 5.69 Å². The number of benzene rings is 1. The molecule has 0 aromatic heterocycles. The Balaban J connectivity index is 2.66. The minimum absolute atomic E-state index is 0.0662. The molecule has 0 aliphatic carbocycles. The molecular weight excluding hydrogens is 228 g/mol. The Morgan fingerprint density at radius 3 is 2.72 bits per heavy atom. The monoisotopic (exact) mass is 250 g/mol. The van der Waals surface area contributed by atoms with Crippen molar-refractivity contribution in [3.63, 3.8) is 0 Å². The quantitative estimate of drug-likeness (QED) is 0.814. The molecule has 0 bridgehead atoms. The molecule has 0 aliphatic rings. The molecule has 0 aliphatic heterocycles. The third-order valence-corrected chi connectivity index (χ3v) is 2.78. The van der Waals surface area contributed by atoms with Crippen molar-refractivity contribution in [3.8, 4) is 0 Å². The molecule has 1 rings (SSSR count). The number of nitrogens with two attached hydrogens (primary N) is 1. The van der Waals surface area contributed by atoms with Crippen LogP contribution in [0.3, 0.4) is 0 Å². The van der Waals surface area contributed by atoms with E-state index in [4.69, 9.17) is 10.5 Å². The van der Waals surface area contributed by atoms with Crippen LogP contribution in [0.5, 0.6) is 0 Å². The lowest BCUT2D eigenvalue weighted by atomic mass is 10.1. The molecule has 18 heavy (non-hydrogen) atoms. The van der Waals surface area contributed by atoms with Gasteiger partial charge in [0.05, 0.1) is 18.3 Å². The number of rotatable bonds is 5. The van der Waals surface area contributed by atoms with Crippen LogP contribution >= 0.6 is 0 Å². The molecule has 0 fully saturated rings. The molecule has 0 saturated heterocycles. The maximum Gasteiger partial charge on any atom is 0.255 e. The SMILES string of the molecule is Cc1cccc(C(=O)N(C)CCOC(C)C)c1N. The summed E-state index contributed by atoms with van der Waals surface area (Å²) in [6.07, 6.45) is 0.178. The number of amides is 1. The van der Waals surface area contributed by atoms with Gasteiger partial charge in [0, 0.05) is 19.3 Å². The molecule has 4 nitrogen and oxygen atoms in total. The maximum atomic E-state index is 12.2. The molecule has 1 aromatic carbocycles. The standard InChI is InChI=1S/C14H22N2O2/c1-10(2)18-9-8-16(4)14(17)12-7-5-6-11(3)13(12)15/h5-7,10H,8-9,15H2,1-4H3. The first-order chi connectivity index (χ1) is 8.43. The Morgan fingerprint density at radius 1 is 1.44 bits per heavy atom. The second-order valence-electron chi connectivity index (χ2n) is 4.68. The maximum absolute atomic E-state index is 12.2. The van der Waals surface area contributed by atoms with Gasteiger partial charge in [0.2, 0.25) is 0 Å². The fourth-order valence-electron chi connectivity index (χ4n) is 1.60. The number of carbonyl (C=O) groups is 1. The van der Waals surface area contributed by atoms with E-state index in [0.29, 0.717) is 24.4 Å². The predicted octanol–water partition coefficient (Wildman–Crippen LogP) is 2.07. The van der Waals surface area contributed by atoms with Crippen molar-refractivity contribution in [2.75, 3.05) is 25.9 Å². The van der Waals surface area contributed by atoms with Gasteiger partial charge in [-0.3, -0.25) is 4.79 Å². The van der Waals surface area contributed by atoms with Gasteiger partial charge in [-0.25, -0.2) is 0 Å². The first-order valence-corrected chi connectivity index (χ1v) is 6.15. The Labute approximate surface area is 109 Å². The molecule has 0 spiro atoms. The number of nitrogen functional groups attached to an aromatic ring is 1. The summed E-state index contributed by atoms with van der Waals surface area (Å²) in [7, 11) is 1.76. The lowest BCUT2D eigenvalue weighted by molar-refractivity contribution is 0.0532. The second-order valence-corrected chi connectivity index (χ2v) is 4.68. The molecule has 4 heteroatoms. The zero-order valence-corrected chi connectivity index (χ0v) is 11.6. The van der Waals surface area contributed by atoms with Gasteiger partial charge < -0.3 is 15.4 Å². The van der Waals surface area contributed by atoms with E-state index in [-0.39, 0.29) is 12.0 Å². The van der Waals surface area contributed by atoms with Gasteiger partial charge in [0.25, 0.3) is 5.91 Å². The summed E-state index contributed by atoms with van der Waals surface area (Å²) in [5, 5.41) is 0. The lowest BCUT2D eigenvalue weighted by Gasteiger charge is -2.19. The predicted molar refractivity (Wildman–Crippen MR) is 73.6 cm³/mol.